The summed E-state index contributed by atoms with van der Waals surface area (Å²) in [7, 11) is 1.39. The first-order valence-electron chi connectivity index (χ1n) is 6.99. The first kappa shape index (κ1) is 18.6. The molecule has 0 aromatic carbocycles. The number of pyridine rings is 1. The number of hydrogen-bond donors (Lipinski definition) is 1. The molecule has 0 aliphatic carbocycles. The molecule has 21 heavy (non-hydrogen) atoms. The standard InChI is InChI=1S/C14H25NO4SSi/c1-17-21(3,18-2)10-6-9-19-11-13(16)12-20-14-7-4-5-8-15-14/h4-5,7-8,13,16H,6,9-12H2,1-3H3. The third-order valence-electron chi connectivity index (χ3n) is 3.15. The third-order valence-corrected chi connectivity index (χ3v) is 7.23. The van der Waals surface area contributed by atoms with Crippen LogP contribution in [0.2, 0.25) is 12.6 Å². The van der Waals surface area contributed by atoms with Crippen molar-refractivity contribution in [2.45, 2.75) is 30.1 Å². The molecule has 1 rings (SSSR count). The normalized spacial score (nSPS) is 13.3. The number of hydrogen-bond acceptors (Lipinski definition) is 6. The van der Waals surface area contributed by atoms with Crippen molar-refractivity contribution in [2.75, 3.05) is 33.2 Å². The molecule has 0 spiro atoms. The molecule has 0 bridgehead atoms. The minimum absolute atomic E-state index is 0.345. The van der Waals surface area contributed by atoms with Gasteiger partial charge in [0, 0.05) is 32.8 Å². The molecule has 1 heterocycles. The molecule has 1 unspecified atom stereocenters. The molecule has 0 saturated carbocycles. The predicted octanol–water partition coefficient (Wildman–Crippen LogP) is 2.31. The summed E-state index contributed by atoms with van der Waals surface area (Å²) in [5.41, 5.74) is 0. The zero-order valence-corrected chi connectivity index (χ0v) is 14.8. The molecule has 0 aliphatic rings. The number of aliphatic hydroxyl groups is 1. The van der Waals surface area contributed by atoms with Gasteiger partial charge in [0.15, 0.2) is 0 Å². The molecule has 0 amide bonds. The van der Waals surface area contributed by atoms with Gasteiger partial charge in [0.25, 0.3) is 0 Å². The Hall–Kier alpha value is -0.443. The van der Waals surface area contributed by atoms with Crippen LogP contribution in [-0.4, -0.2) is 57.9 Å². The van der Waals surface area contributed by atoms with Crippen LogP contribution >= 0.6 is 11.8 Å². The van der Waals surface area contributed by atoms with E-state index in [0.717, 1.165) is 17.5 Å². The van der Waals surface area contributed by atoms with Crippen LogP contribution in [0.1, 0.15) is 6.42 Å². The van der Waals surface area contributed by atoms with Crippen molar-refractivity contribution in [3.05, 3.63) is 24.4 Å². The van der Waals surface area contributed by atoms with Crippen molar-refractivity contribution in [1.82, 2.24) is 4.98 Å². The van der Waals surface area contributed by atoms with E-state index >= 15 is 0 Å². The summed E-state index contributed by atoms with van der Waals surface area (Å²) in [6.45, 7) is 2.99. The lowest BCUT2D eigenvalue weighted by atomic mass is 10.4. The van der Waals surface area contributed by atoms with Crippen molar-refractivity contribution >= 4 is 20.3 Å². The fraction of sp³-hybridized carbons (Fsp3) is 0.643. The van der Waals surface area contributed by atoms with Crippen molar-refractivity contribution in [3.63, 3.8) is 0 Å². The summed E-state index contributed by atoms with van der Waals surface area (Å²) < 4.78 is 16.3. The quantitative estimate of drug-likeness (QED) is 0.381. The van der Waals surface area contributed by atoms with Gasteiger partial charge < -0.3 is 18.7 Å². The smallest absolute Gasteiger partial charge is 0.334 e. The van der Waals surface area contributed by atoms with Gasteiger partial charge in [-0.05, 0) is 31.1 Å². The Balaban J connectivity index is 2.07. The van der Waals surface area contributed by atoms with E-state index in [9.17, 15) is 5.11 Å². The van der Waals surface area contributed by atoms with Gasteiger partial charge in [-0.15, -0.1) is 11.8 Å². The predicted molar refractivity (Wildman–Crippen MR) is 86.8 cm³/mol. The zero-order chi connectivity index (χ0) is 15.6. The van der Waals surface area contributed by atoms with E-state index in [1.54, 1.807) is 20.4 Å². The average Bonchev–Trinajstić information content (AvgIpc) is 2.53. The van der Waals surface area contributed by atoms with Crippen LogP contribution in [0, 0.1) is 0 Å². The Bertz CT molecular complexity index is 378. The number of nitrogens with zero attached hydrogens (tertiary/aromatic N) is 1. The van der Waals surface area contributed by atoms with Gasteiger partial charge in [-0.3, -0.25) is 0 Å². The topological polar surface area (TPSA) is 60.8 Å². The molecule has 0 radical (unpaired) electrons. The highest BCUT2D eigenvalue weighted by Crippen LogP contribution is 2.16. The number of aromatic nitrogens is 1. The van der Waals surface area contributed by atoms with Gasteiger partial charge >= 0.3 is 8.56 Å². The minimum Gasteiger partial charge on any atom is -0.398 e. The molecule has 120 valence electrons. The second-order valence-electron chi connectivity index (χ2n) is 4.85. The number of ether oxygens (including phenoxy) is 1. The minimum atomic E-state index is -1.99. The Morgan fingerprint density at radius 1 is 1.33 bits per heavy atom. The maximum Gasteiger partial charge on any atom is 0.334 e. The third kappa shape index (κ3) is 7.94. The second-order valence-corrected chi connectivity index (χ2v) is 9.48. The highest BCUT2D eigenvalue weighted by Gasteiger charge is 2.27. The Morgan fingerprint density at radius 3 is 2.71 bits per heavy atom. The van der Waals surface area contributed by atoms with Crippen LogP contribution in [-0.2, 0) is 13.6 Å². The summed E-state index contributed by atoms with van der Waals surface area (Å²) in [6, 6.07) is 6.63. The Morgan fingerprint density at radius 2 is 2.10 bits per heavy atom. The average molecular weight is 332 g/mol. The Kier molecular flexibility index (Phi) is 9.14. The first-order valence-corrected chi connectivity index (χ1v) is 10.5. The van der Waals surface area contributed by atoms with Crippen molar-refractivity contribution in [3.8, 4) is 0 Å². The van der Waals surface area contributed by atoms with Gasteiger partial charge in [-0.1, -0.05) is 6.07 Å². The molecule has 1 N–H and O–H groups in total. The van der Waals surface area contributed by atoms with Crippen LogP contribution < -0.4 is 0 Å². The lowest BCUT2D eigenvalue weighted by Crippen LogP contribution is -2.36. The van der Waals surface area contributed by atoms with Crippen molar-refractivity contribution in [1.29, 1.82) is 0 Å². The van der Waals surface area contributed by atoms with E-state index in [0.29, 0.717) is 19.0 Å². The van der Waals surface area contributed by atoms with Gasteiger partial charge in [-0.2, -0.15) is 0 Å². The molecule has 0 fully saturated rings. The largest absolute Gasteiger partial charge is 0.398 e. The Labute approximate surface area is 132 Å². The summed E-state index contributed by atoms with van der Waals surface area (Å²) in [5, 5.41) is 10.8. The molecular formula is C14H25NO4SSi. The summed E-state index contributed by atoms with van der Waals surface area (Å²) in [5.74, 6) is 0.583. The van der Waals surface area contributed by atoms with E-state index < -0.39 is 14.7 Å². The zero-order valence-electron chi connectivity index (χ0n) is 12.9. The molecule has 1 aromatic rings. The fourth-order valence-corrected chi connectivity index (χ4v) is 3.80. The molecule has 0 aliphatic heterocycles. The first-order chi connectivity index (χ1) is 10.1. The highest BCUT2D eigenvalue weighted by atomic mass is 32.2. The van der Waals surface area contributed by atoms with E-state index in [1.165, 1.54) is 11.8 Å². The molecular weight excluding hydrogens is 306 g/mol. The van der Waals surface area contributed by atoms with Gasteiger partial charge in [-0.25, -0.2) is 4.98 Å². The van der Waals surface area contributed by atoms with E-state index in [-0.39, 0.29) is 0 Å². The van der Waals surface area contributed by atoms with Crippen molar-refractivity contribution < 1.29 is 18.7 Å². The van der Waals surface area contributed by atoms with Crippen LogP contribution in [0.5, 0.6) is 0 Å². The number of rotatable bonds is 11. The second kappa shape index (κ2) is 10.3. The van der Waals surface area contributed by atoms with Crippen LogP contribution in [0.15, 0.2) is 29.4 Å². The fourth-order valence-electron chi connectivity index (χ4n) is 1.66. The van der Waals surface area contributed by atoms with Gasteiger partial charge in [0.1, 0.15) is 0 Å². The van der Waals surface area contributed by atoms with Crippen LogP contribution in [0.25, 0.3) is 0 Å². The molecule has 7 heteroatoms. The molecule has 1 atom stereocenters. The van der Waals surface area contributed by atoms with E-state index in [2.05, 4.69) is 4.98 Å². The summed E-state index contributed by atoms with van der Waals surface area (Å²) >= 11 is 1.53. The molecule has 0 saturated heterocycles. The summed E-state index contributed by atoms with van der Waals surface area (Å²) in [6.07, 6.45) is 2.15. The van der Waals surface area contributed by atoms with Crippen molar-refractivity contribution in [2.24, 2.45) is 0 Å². The molecule has 5 nitrogen and oxygen atoms in total. The molecule has 1 aromatic heterocycles. The van der Waals surface area contributed by atoms with Crippen LogP contribution in [0.4, 0.5) is 0 Å². The summed E-state index contributed by atoms with van der Waals surface area (Å²) in [4.78, 5) is 4.19. The SMILES string of the molecule is CO[Si](C)(CCCOCC(O)CSc1ccccn1)OC. The number of thioether (sulfide) groups is 1. The maximum atomic E-state index is 9.85. The maximum absolute atomic E-state index is 9.85. The van der Waals surface area contributed by atoms with Gasteiger partial charge in [0.05, 0.1) is 17.7 Å². The van der Waals surface area contributed by atoms with Gasteiger partial charge in [0.2, 0.25) is 0 Å². The van der Waals surface area contributed by atoms with Crippen LogP contribution in [0.3, 0.4) is 0 Å². The monoisotopic (exact) mass is 331 g/mol. The lowest BCUT2D eigenvalue weighted by Gasteiger charge is -2.22. The number of aliphatic hydroxyl groups excluding tert-OH is 1. The lowest BCUT2D eigenvalue weighted by molar-refractivity contribution is 0.0481. The van der Waals surface area contributed by atoms with E-state index in [1.807, 2.05) is 24.7 Å². The highest BCUT2D eigenvalue weighted by molar-refractivity contribution is 7.99. The van der Waals surface area contributed by atoms with E-state index in [4.69, 9.17) is 13.6 Å².